The molecule has 3 rings (SSSR count). The van der Waals surface area contributed by atoms with Gasteiger partial charge < -0.3 is 15.1 Å². The summed E-state index contributed by atoms with van der Waals surface area (Å²) >= 11 is 0. The second-order valence-electron chi connectivity index (χ2n) is 7.78. The molecule has 0 radical (unpaired) electrons. The molecule has 2 aromatic carbocycles. The normalized spacial score (nSPS) is 14.9. The van der Waals surface area contributed by atoms with Gasteiger partial charge in [-0.15, -0.1) is 24.0 Å². The van der Waals surface area contributed by atoms with Gasteiger partial charge in [-0.25, -0.2) is 13.4 Å². The van der Waals surface area contributed by atoms with E-state index in [4.69, 9.17) is 4.99 Å². The minimum Gasteiger partial charge on any atom is -0.368 e. The van der Waals surface area contributed by atoms with Crippen molar-refractivity contribution in [1.29, 1.82) is 0 Å². The molecular weight excluding hydrogens is 523 g/mol. The van der Waals surface area contributed by atoms with Gasteiger partial charge in [-0.2, -0.15) is 0 Å². The van der Waals surface area contributed by atoms with Crippen LogP contribution in [0, 0.1) is 13.8 Å². The van der Waals surface area contributed by atoms with Gasteiger partial charge in [-0.3, -0.25) is 0 Å². The second kappa shape index (κ2) is 11.2. The van der Waals surface area contributed by atoms with Crippen LogP contribution < -0.4 is 10.2 Å². The molecule has 170 valence electrons. The van der Waals surface area contributed by atoms with Crippen molar-refractivity contribution in [2.75, 3.05) is 43.9 Å². The summed E-state index contributed by atoms with van der Waals surface area (Å²) in [4.78, 5) is 9.88. The topological polar surface area (TPSA) is 65.0 Å². The molecule has 1 aliphatic rings. The number of aryl methyl sites for hydroxylation is 1. The van der Waals surface area contributed by atoms with E-state index in [0.717, 1.165) is 44.2 Å². The number of rotatable bonds is 5. The number of hydrogen-bond donors (Lipinski definition) is 1. The molecule has 2 aromatic rings. The zero-order valence-electron chi connectivity index (χ0n) is 18.8. The van der Waals surface area contributed by atoms with Crippen LogP contribution in [0.1, 0.15) is 23.6 Å². The van der Waals surface area contributed by atoms with Crippen LogP contribution in [0.2, 0.25) is 0 Å². The molecule has 1 heterocycles. The van der Waals surface area contributed by atoms with Crippen molar-refractivity contribution >= 4 is 45.5 Å². The summed E-state index contributed by atoms with van der Waals surface area (Å²) in [6, 6.07) is 13.5. The number of nitrogens with zero attached hydrogens (tertiary/aromatic N) is 3. The monoisotopic (exact) mass is 556 g/mol. The summed E-state index contributed by atoms with van der Waals surface area (Å²) in [5.74, 6) is 0.908. The van der Waals surface area contributed by atoms with Crippen molar-refractivity contribution in [2.45, 2.75) is 32.2 Å². The van der Waals surface area contributed by atoms with E-state index >= 15 is 0 Å². The first-order valence-electron chi connectivity index (χ1n) is 10.4. The second-order valence-corrected chi connectivity index (χ2v) is 9.80. The summed E-state index contributed by atoms with van der Waals surface area (Å²) in [5, 5.41) is 3.39. The lowest BCUT2D eigenvalue weighted by Crippen LogP contribution is -2.52. The van der Waals surface area contributed by atoms with E-state index in [-0.39, 0.29) is 24.0 Å². The van der Waals surface area contributed by atoms with Crippen LogP contribution in [0.5, 0.6) is 0 Å². The fourth-order valence-corrected chi connectivity index (χ4v) is 4.30. The Morgan fingerprint density at radius 2 is 1.68 bits per heavy atom. The first-order valence-corrected chi connectivity index (χ1v) is 12.3. The number of benzene rings is 2. The Balaban J connectivity index is 0.00000341. The van der Waals surface area contributed by atoms with Gasteiger partial charge in [0.2, 0.25) is 0 Å². The lowest BCUT2D eigenvalue weighted by molar-refractivity contribution is 0.372. The van der Waals surface area contributed by atoms with Gasteiger partial charge in [0, 0.05) is 44.7 Å². The summed E-state index contributed by atoms with van der Waals surface area (Å²) in [7, 11) is -3.17. The Labute approximate surface area is 203 Å². The van der Waals surface area contributed by atoms with E-state index in [0.29, 0.717) is 11.4 Å². The predicted octanol–water partition coefficient (Wildman–Crippen LogP) is 3.61. The fraction of sp³-hybridized carbons (Fsp3) is 0.435. The van der Waals surface area contributed by atoms with Gasteiger partial charge in [-0.05, 0) is 55.7 Å². The Morgan fingerprint density at radius 1 is 1.03 bits per heavy atom. The van der Waals surface area contributed by atoms with E-state index in [1.54, 1.807) is 12.1 Å². The van der Waals surface area contributed by atoms with Crippen molar-refractivity contribution < 1.29 is 8.42 Å². The first-order chi connectivity index (χ1) is 14.3. The number of guanidine groups is 1. The third kappa shape index (κ3) is 6.58. The van der Waals surface area contributed by atoms with Crippen LogP contribution >= 0.6 is 24.0 Å². The molecule has 6 nitrogen and oxygen atoms in total. The largest absolute Gasteiger partial charge is 0.368 e. The maximum atomic E-state index is 11.6. The van der Waals surface area contributed by atoms with Crippen molar-refractivity contribution in [3.8, 4) is 0 Å². The predicted molar refractivity (Wildman–Crippen MR) is 139 cm³/mol. The maximum absolute atomic E-state index is 11.6. The average molecular weight is 557 g/mol. The molecule has 1 aliphatic heterocycles. The third-order valence-corrected chi connectivity index (χ3v) is 6.72. The SMILES string of the molecule is CCNC(=NCc1ccc(S(C)(=O)=O)cc1)N1CCN(c2cccc(C)c2C)CC1.I. The zero-order chi connectivity index (χ0) is 21.7. The molecule has 0 saturated carbocycles. The summed E-state index contributed by atoms with van der Waals surface area (Å²) in [5.41, 5.74) is 4.99. The van der Waals surface area contributed by atoms with Crippen molar-refractivity contribution in [3.05, 3.63) is 59.2 Å². The Kier molecular flexibility index (Phi) is 9.17. The molecule has 0 amide bonds. The lowest BCUT2D eigenvalue weighted by atomic mass is 10.1. The number of sulfone groups is 1. The number of piperazine rings is 1. The third-order valence-electron chi connectivity index (χ3n) is 5.59. The fourth-order valence-electron chi connectivity index (χ4n) is 3.67. The molecule has 0 unspecified atom stereocenters. The molecular formula is C23H33IN4O2S. The van der Waals surface area contributed by atoms with Gasteiger partial charge >= 0.3 is 0 Å². The van der Waals surface area contributed by atoms with Gasteiger partial charge in [0.1, 0.15) is 0 Å². The minimum atomic E-state index is -3.17. The molecule has 0 aliphatic carbocycles. The number of hydrogen-bond acceptors (Lipinski definition) is 4. The van der Waals surface area contributed by atoms with E-state index < -0.39 is 9.84 Å². The first kappa shape index (κ1) is 25.5. The molecule has 1 saturated heterocycles. The number of anilines is 1. The summed E-state index contributed by atoms with van der Waals surface area (Å²) in [6.45, 7) is 11.5. The molecule has 31 heavy (non-hydrogen) atoms. The van der Waals surface area contributed by atoms with Crippen LogP contribution in [-0.2, 0) is 16.4 Å². The molecule has 0 bridgehead atoms. The Bertz CT molecular complexity index is 999. The summed E-state index contributed by atoms with van der Waals surface area (Å²) < 4.78 is 23.2. The Morgan fingerprint density at radius 3 is 2.26 bits per heavy atom. The van der Waals surface area contributed by atoms with Crippen LogP contribution in [0.4, 0.5) is 5.69 Å². The van der Waals surface area contributed by atoms with Crippen molar-refractivity contribution in [2.24, 2.45) is 4.99 Å². The highest BCUT2D eigenvalue weighted by Crippen LogP contribution is 2.24. The molecule has 0 aromatic heterocycles. The van der Waals surface area contributed by atoms with E-state index in [1.807, 2.05) is 12.1 Å². The number of halogens is 1. The molecule has 0 atom stereocenters. The maximum Gasteiger partial charge on any atom is 0.194 e. The highest BCUT2D eigenvalue weighted by Gasteiger charge is 2.21. The smallest absolute Gasteiger partial charge is 0.194 e. The molecule has 1 fully saturated rings. The van der Waals surface area contributed by atoms with Crippen LogP contribution in [-0.4, -0.2) is 58.3 Å². The average Bonchev–Trinajstić information content (AvgIpc) is 2.73. The molecule has 0 spiro atoms. The van der Waals surface area contributed by atoms with E-state index in [9.17, 15) is 8.42 Å². The van der Waals surface area contributed by atoms with Crippen molar-refractivity contribution in [1.82, 2.24) is 10.2 Å². The minimum absolute atomic E-state index is 0. The van der Waals surface area contributed by atoms with Gasteiger partial charge in [-0.1, -0.05) is 24.3 Å². The van der Waals surface area contributed by atoms with Gasteiger partial charge in [0.15, 0.2) is 15.8 Å². The Hall–Kier alpha value is -1.81. The quantitative estimate of drug-likeness (QED) is 0.347. The number of nitrogens with one attached hydrogen (secondary N) is 1. The molecule has 1 N–H and O–H groups in total. The van der Waals surface area contributed by atoms with E-state index in [1.165, 1.54) is 23.1 Å². The lowest BCUT2D eigenvalue weighted by Gasteiger charge is -2.38. The van der Waals surface area contributed by atoms with Crippen LogP contribution in [0.25, 0.3) is 0 Å². The zero-order valence-corrected chi connectivity index (χ0v) is 21.9. The number of aliphatic imine (C=N–C) groups is 1. The van der Waals surface area contributed by atoms with Gasteiger partial charge in [0.05, 0.1) is 11.4 Å². The van der Waals surface area contributed by atoms with Crippen molar-refractivity contribution in [3.63, 3.8) is 0 Å². The molecule has 8 heteroatoms. The highest BCUT2D eigenvalue weighted by molar-refractivity contribution is 14.0. The van der Waals surface area contributed by atoms with Crippen LogP contribution in [0.15, 0.2) is 52.4 Å². The van der Waals surface area contributed by atoms with Crippen LogP contribution in [0.3, 0.4) is 0 Å². The highest BCUT2D eigenvalue weighted by atomic mass is 127. The standard InChI is InChI=1S/C23H32N4O2S.HI/c1-5-24-23(25-17-20-9-11-21(12-10-20)30(4,28)29)27-15-13-26(14-16-27)22-8-6-7-18(2)19(22)3;/h6-12H,5,13-17H2,1-4H3,(H,24,25);1H. The van der Waals surface area contributed by atoms with E-state index in [2.05, 4.69) is 54.1 Å². The summed E-state index contributed by atoms with van der Waals surface area (Å²) in [6.07, 6.45) is 1.22. The van der Waals surface area contributed by atoms with Gasteiger partial charge in [0.25, 0.3) is 0 Å².